The minimum atomic E-state index is -0.888. The van der Waals surface area contributed by atoms with Crippen LogP contribution in [0.1, 0.15) is 64.7 Å². The molecule has 0 spiro atoms. The minimum Gasteiger partial charge on any atom is -0.378 e. The molecule has 4 aliphatic rings. The maximum atomic E-state index is 13.0. The van der Waals surface area contributed by atoms with Crippen LogP contribution in [0.3, 0.4) is 0 Å². The monoisotopic (exact) mass is 395 g/mol. The Morgan fingerprint density at radius 2 is 1.97 bits per heavy atom. The van der Waals surface area contributed by atoms with Gasteiger partial charge in [0.25, 0.3) is 0 Å². The normalized spacial score (nSPS) is 46.2. The summed E-state index contributed by atoms with van der Waals surface area (Å²) in [6, 6.07) is 0. The molecule has 4 aliphatic carbocycles. The Labute approximate surface area is 173 Å². The average molecular weight is 396 g/mol. The van der Waals surface area contributed by atoms with Crippen LogP contribution in [0, 0.1) is 53.3 Å². The van der Waals surface area contributed by atoms with E-state index in [1.54, 1.807) is 17.1 Å². The molecule has 0 saturated heterocycles. The summed E-state index contributed by atoms with van der Waals surface area (Å²) in [4.78, 5) is 13.0. The molecule has 1 aromatic heterocycles. The van der Waals surface area contributed by atoms with Crippen molar-refractivity contribution in [2.45, 2.75) is 76.9 Å². The molecule has 0 unspecified atom stereocenters. The second-order valence-corrected chi connectivity index (χ2v) is 10.6. The molecule has 29 heavy (non-hydrogen) atoms. The Bertz CT molecular complexity index is 815. The predicted octanol–water partition coefficient (Wildman–Crippen LogP) is 3.48. The summed E-state index contributed by atoms with van der Waals surface area (Å²) in [5, 5.41) is 18.5. The van der Waals surface area contributed by atoms with Crippen LogP contribution in [0.25, 0.3) is 0 Å². The SMILES string of the molecule is C#C[C@@]1(O)CC[C@@]2(C)[C@H](CC[C@H]3[C@@H]4CC[C@H](C(=O)Cn5ccnn5)[C@H]4CC[C@@H]32)C1. The first-order valence-corrected chi connectivity index (χ1v) is 11.5. The van der Waals surface area contributed by atoms with Crippen LogP contribution in [0.4, 0.5) is 0 Å². The van der Waals surface area contributed by atoms with Gasteiger partial charge in [0, 0.05) is 12.1 Å². The van der Waals surface area contributed by atoms with Gasteiger partial charge in [0.05, 0.1) is 6.20 Å². The maximum absolute atomic E-state index is 13.0. The number of ketones is 1. The third kappa shape index (κ3) is 3.06. The summed E-state index contributed by atoms with van der Waals surface area (Å²) in [5.41, 5.74) is -0.583. The zero-order chi connectivity index (χ0) is 20.2. The smallest absolute Gasteiger partial charge is 0.157 e. The van der Waals surface area contributed by atoms with Crippen molar-refractivity contribution in [1.82, 2.24) is 15.0 Å². The maximum Gasteiger partial charge on any atom is 0.157 e. The summed E-state index contributed by atoms with van der Waals surface area (Å²) in [6.45, 7) is 2.85. The first-order valence-electron chi connectivity index (χ1n) is 11.5. The van der Waals surface area contributed by atoms with Crippen LogP contribution < -0.4 is 0 Å². The molecule has 0 amide bonds. The third-order valence-electron chi connectivity index (χ3n) is 9.52. The van der Waals surface area contributed by atoms with E-state index in [1.807, 2.05) is 0 Å². The van der Waals surface area contributed by atoms with E-state index in [0.29, 0.717) is 35.5 Å². The molecular formula is C24H33N3O2. The first kappa shape index (κ1) is 19.3. The van der Waals surface area contributed by atoms with Crippen LogP contribution >= 0.6 is 0 Å². The van der Waals surface area contributed by atoms with E-state index in [2.05, 4.69) is 23.2 Å². The second-order valence-electron chi connectivity index (χ2n) is 10.6. The second kappa shape index (κ2) is 6.94. The Morgan fingerprint density at radius 1 is 1.17 bits per heavy atom. The van der Waals surface area contributed by atoms with E-state index in [1.165, 1.54) is 32.1 Å². The van der Waals surface area contributed by atoms with Crippen molar-refractivity contribution in [3.63, 3.8) is 0 Å². The van der Waals surface area contributed by atoms with Gasteiger partial charge in [-0.15, -0.1) is 11.5 Å². The number of fused-ring (bicyclic) bond motifs is 5. The number of hydrogen-bond acceptors (Lipinski definition) is 4. The summed E-state index contributed by atoms with van der Waals surface area (Å²) in [7, 11) is 0. The van der Waals surface area contributed by atoms with Gasteiger partial charge < -0.3 is 5.11 Å². The number of Topliss-reactive ketones (excluding diaryl/α,β-unsaturated/α-hetero) is 1. The van der Waals surface area contributed by atoms with Crippen LogP contribution in [0.5, 0.6) is 0 Å². The number of rotatable bonds is 3. The summed E-state index contributed by atoms with van der Waals surface area (Å²) in [5.74, 6) is 6.50. The van der Waals surface area contributed by atoms with Gasteiger partial charge in [0.15, 0.2) is 5.78 Å². The molecule has 5 rings (SSSR count). The number of nitrogens with zero attached hydrogens (tertiary/aromatic N) is 3. The van der Waals surface area contributed by atoms with Gasteiger partial charge in [-0.05, 0) is 92.8 Å². The quantitative estimate of drug-likeness (QED) is 0.796. The van der Waals surface area contributed by atoms with Crippen molar-refractivity contribution in [3.05, 3.63) is 12.4 Å². The van der Waals surface area contributed by atoms with E-state index in [-0.39, 0.29) is 5.92 Å². The van der Waals surface area contributed by atoms with Crippen LogP contribution in [0.15, 0.2) is 12.4 Å². The topological polar surface area (TPSA) is 68.0 Å². The van der Waals surface area contributed by atoms with Gasteiger partial charge in [-0.2, -0.15) is 0 Å². The van der Waals surface area contributed by atoms with Crippen molar-refractivity contribution in [2.75, 3.05) is 0 Å². The number of aliphatic hydroxyl groups is 1. The lowest BCUT2D eigenvalue weighted by atomic mass is 9.46. The van der Waals surface area contributed by atoms with Gasteiger partial charge in [-0.25, -0.2) is 4.68 Å². The van der Waals surface area contributed by atoms with E-state index in [9.17, 15) is 9.90 Å². The summed E-state index contributed by atoms with van der Waals surface area (Å²) >= 11 is 0. The Kier molecular flexibility index (Phi) is 4.62. The van der Waals surface area contributed by atoms with Gasteiger partial charge in [0.1, 0.15) is 12.1 Å². The highest BCUT2D eigenvalue weighted by molar-refractivity contribution is 5.81. The van der Waals surface area contributed by atoms with Gasteiger partial charge >= 0.3 is 0 Å². The molecule has 0 bridgehead atoms. The molecule has 1 aromatic rings. The zero-order valence-corrected chi connectivity index (χ0v) is 17.5. The first-order chi connectivity index (χ1) is 13.9. The molecule has 1 N–H and O–H groups in total. The van der Waals surface area contributed by atoms with Gasteiger partial charge in [0.2, 0.25) is 0 Å². The highest BCUT2D eigenvalue weighted by Crippen LogP contribution is 2.64. The molecule has 156 valence electrons. The molecule has 5 nitrogen and oxygen atoms in total. The molecule has 1 heterocycles. The highest BCUT2D eigenvalue weighted by atomic mass is 16.3. The van der Waals surface area contributed by atoms with Crippen molar-refractivity contribution < 1.29 is 9.90 Å². The lowest BCUT2D eigenvalue weighted by Gasteiger charge is -2.59. The van der Waals surface area contributed by atoms with Crippen molar-refractivity contribution in [1.29, 1.82) is 0 Å². The fraction of sp³-hybridized carbons (Fsp3) is 0.792. The largest absolute Gasteiger partial charge is 0.378 e. The molecule has 0 aromatic carbocycles. The van der Waals surface area contributed by atoms with Crippen molar-refractivity contribution in [2.24, 2.45) is 40.9 Å². The van der Waals surface area contributed by atoms with Crippen LogP contribution in [-0.4, -0.2) is 31.5 Å². The van der Waals surface area contributed by atoms with Gasteiger partial charge in [-0.3, -0.25) is 4.79 Å². The Hall–Kier alpha value is -1.67. The number of hydrogen-bond donors (Lipinski definition) is 1. The van der Waals surface area contributed by atoms with Gasteiger partial charge in [-0.1, -0.05) is 18.1 Å². The third-order valence-corrected chi connectivity index (χ3v) is 9.52. The molecule has 0 radical (unpaired) electrons. The number of aromatic nitrogens is 3. The summed E-state index contributed by atoms with van der Waals surface area (Å²) < 4.78 is 1.67. The number of terminal acetylenes is 1. The van der Waals surface area contributed by atoms with E-state index in [4.69, 9.17) is 6.42 Å². The number of carbonyl (C=O) groups excluding carboxylic acids is 1. The lowest BCUT2D eigenvalue weighted by Crippen LogP contribution is -2.54. The molecule has 8 atom stereocenters. The Balaban J connectivity index is 1.31. The zero-order valence-electron chi connectivity index (χ0n) is 17.5. The van der Waals surface area contributed by atoms with Crippen molar-refractivity contribution in [3.8, 4) is 12.3 Å². The summed E-state index contributed by atoms with van der Waals surface area (Å²) in [6.07, 6.45) is 18.7. The standard InChI is InChI=1S/C24H33N3O2/c1-3-24(29)11-10-23(2)16(14-24)4-5-19-17-6-7-20(18(17)8-9-21(19)23)22(28)15-27-13-12-25-26-27/h1,12-13,16-21,29H,4-11,14-15H2,2H3/t16-,17-,18+,19+,20+,21+,23+,24-/m1/s1. The average Bonchev–Trinajstić information content (AvgIpc) is 3.38. The van der Waals surface area contributed by atoms with E-state index < -0.39 is 5.60 Å². The predicted molar refractivity (Wildman–Crippen MR) is 109 cm³/mol. The molecule has 5 heteroatoms. The van der Waals surface area contributed by atoms with Crippen LogP contribution in [-0.2, 0) is 11.3 Å². The highest BCUT2D eigenvalue weighted by Gasteiger charge is 2.58. The molecule has 4 saturated carbocycles. The Morgan fingerprint density at radius 3 is 2.72 bits per heavy atom. The fourth-order valence-corrected chi connectivity index (χ4v) is 8.03. The lowest BCUT2D eigenvalue weighted by molar-refractivity contribution is -0.132. The molecular weight excluding hydrogens is 362 g/mol. The van der Waals surface area contributed by atoms with E-state index >= 15 is 0 Å². The fourth-order valence-electron chi connectivity index (χ4n) is 8.03. The molecule has 4 fully saturated rings. The van der Waals surface area contributed by atoms with Crippen molar-refractivity contribution >= 4 is 5.78 Å². The number of carbonyl (C=O) groups is 1. The molecule has 0 aliphatic heterocycles. The minimum absolute atomic E-state index is 0.202. The van der Waals surface area contributed by atoms with E-state index in [0.717, 1.165) is 37.5 Å². The van der Waals surface area contributed by atoms with Crippen LogP contribution in [0.2, 0.25) is 0 Å².